The number of carbonyl (C=O) groups is 2. The first-order chi connectivity index (χ1) is 9.75. The highest BCUT2D eigenvalue weighted by Gasteiger charge is 2.48. The normalized spacial score (nSPS) is 17.1. The molecule has 1 saturated carbocycles. The van der Waals surface area contributed by atoms with Crippen molar-refractivity contribution < 1.29 is 14.7 Å². The summed E-state index contributed by atoms with van der Waals surface area (Å²) in [6, 6.07) is -0.463. The van der Waals surface area contributed by atoms with Crippen LogP contribution in [0.1, 0.15) is 36.7 Å². The second-order valence-corrected chi connectivity index (χ2v) is 5.86. The van der Waals surface area contributed by atoms with Gasteiger partial charge in [0, 0.05) is 24.8 Å². The topological polar surface area (TPSA) is 96.3 Å². The summed E-state index contributed by atoms with van der Waals surface area (Å²) in [6.07, 6.45) is 1.67. The van der Waals surface area contributed by atoms with Crippen molar-refractivity contribution in [1.29, 1.82) is 0 Å². The summed E-state index contributed by atoms with van der Waals surface area (Å²) < 4.78 is 1.76. The van der Waals surface area contributed by atoms with Crippen molar-refractivity contribution >= 4 is 12.0 Å². The number of amides is 2. The average molecular weight is 294 g/mol. The molecule has 0 aromatic carbocycles. The molecule has 116 valence electrons. The van der Waals surface area contributed by atoms with Gasteiger partial charge in [0.1, 0.15) is 5.54 Å². The van der Waals surface area contributed by atoms with Gasteiger partial charge in [0.25, 0.3) is 0 Å². The number of aryl methyl sites for hydroxylation is 2. The Balaban J connectivity index is 1.97. The summed E-state index contributed by atoms with van der Waals surface area (Å²) in [5, 5.41) is 18.9. The second kappa shape index (κ2) is 5.38. The molecule has 2 amide bonds. The highest BCUT2D eigenvalue weighted by atomic mass is 16.4. The lowest BCUT2D eigenvalue weighted by Gasteiger charge is -2.26. The molecule has 1 atom stereocenters. The predicted octanol–water partition coefficient (Wildman–Crippen LogP) is 1.09. The van der Waals surface area contributed by atoms with Crippen LogP contribution in [0.4, 0.5) is 4.79 Å². The molecule has 1 heterocycles. The number of carboxylic acids is 1. The maximum Gasteiger partial charge on any atom is 0.329 e. The lowest BCUT2D eigenvalue weighted by molar-refractivity contribution is -0.144. The molecule has 0 spiro atoms. The molecule has 21 heavy (non-hydrogen) atoms. The van der Waals surface area contributed by atoms with Crippen LogP contribution in [-0.4, -0.2) is 32.4 Å². The molecule has 3 N–H and O–H groups in total. The number of nitrogens with zero attached hydrogens (tertiary/aromatic N) is 2. The molecule has 0 radical (unpaired) electrons. The number of carbonyl (C=O) groups excluding carboxylic acids is 1. The Hall–Kier alpha value is -2.05. The minimum absolute atomic E-state index is 0.0163. The van der Waals surface area contributed by atoms with E-state index >= 15 is 0 Å². The fourth-order valence-corrected chi connectivity index (χ4v) is 2.51. The summed E-state index contributed by atoms with van der Waals surface area (Å²) in [5.74, 6) is -0.975. The van der Waals surface area contributed by atoms with E-state index in [4.69, 9.17) is 0 Å². The molecule has 1 unspecified atom stereocenters. The zero-order valence-corrected chi connectivity index (χ0v) is 12.9. The van der Waals surface area contributed by atoms with Gasteiger partial charge in [-0.05, 0) is 39.5 Å². The molecule has 1 aromatic rings. The predicted molar refractivity (Wildman–Crippen MR) is 76.8 cm³/mol. The Bertz CT molecular complexity index is 577. The van der Waals surface area contributed by atoms with E-state index < -0.39 is 17.5 Å². The summed E-state index contributed by atoms with van der Waals surface area (Å²) >= 11 is 0. The van der Waals surface area contributed by atoms with Crippen molar-refractivity contribution in [1.82, 2.24) is 20.4 Å². The number of rotatable bonds is 5. The first-order valence-corrected chi connectivity index (χ1v) is 7.04. The molecule has 7 heteroatoms. The number of hydrogen-bond acceptors (Lipinski definition) is 3. The Kier molecular flexibility index (Phi) is 3.93. The van der Waals surface area contributed by atoms with Crippen LogP contribution in [-0.2, 0) is 18.4 Å². The van der Waals surface area contributed by atoms with Crippen molar-refractivity contribution in [2.45, 2.75) is 45.7 Å². The van der Waals surface area contributed by atoms with Gasteiger partial charge in [0.15, 0.2) is 0 Å². The van der Waals surface area contributed by atoms with Gasteiger partial charge in [-0.15, -0.1) is 0 Å². The van der Waals surface area contributed by atoms with Crippen LogP contribution in [0.3, 0.4) is 0 Å². The molecule has 0 saturated heterocycles. The third-order valence-corrected chi connectivity index (χ3v) is 4.30. The number of aromatic nitrogens is 2. The third-order valence-electron chi connectivity index (χ3n) is 4.30. The van der Waals surface area contributed by atoms with Crippen LogP contribution in [0.5, 0.6) is 0 Å². The van der Waals surface area contributed by atoms with Crippen molar-refractivity contribution in [2.75, 3.05) is 0 Å². The molecular formula is C14H22N4O3. The number of hydrogen-bond donors (Lipinski definition) is 3. The van der Waals surface area contributed by atoms with E-state index in [0.717, 1.165) is 29.8 Å². The largest absolute Gasteiger partial charge is 0.480 e. The van der Waals surface area contributed by atoms with Crippen molar-refractivity contribution in [3.8, 4) is 0 Å². The lowest BCUT2D eigenvalue weighted by atomic mass is 9.96. The van der Waals surface area contributed by atoms with Crippen LogP contribution in [0, 0.1) is 19.8 Å². The summed E-state index contributed by atoms with van der Waals surface area (Å²) in [7, 11) is 1.85. The Labute approximate surface area is 123 Å². The SMILES string of the molecule is Cc1nn(C)c(C)c1CNC(=O)NC(C)(C(=O)O)C1CC1. The number of aliphatic carboxylic acids is 1. The van der Waals surface area contributed by atoms with Gasteiger partial charge >= 0.3 is 12.0 Å². The van der Waals surface area contributed by atoms with Gasteiger partial charge in [-0.3, -0.25) is 4.68 Å². The lowest BCUT2D eigenvalue weighted by Crippen LogP contribution is -2.56. The molecule has 0 aliphatic heterocycles. The summed E-state index contributed by atoms with van der Waals surface area (Å²) in [6.45, 7) is 5.71. The standard InChI is InChI=1S/C14H22N4O3/c1-8-11(9(2)18(4)17-8)7-15-13(21)16-14(3,12(19)20)10-5-6-10/h10H,5-7H2,1-4H3,(H,19,20)(H2,15,16,21). The third kappa shape index (κ3) is 3.01. The van der Waals surface area contributed by atoms with E-state index in [9.17, 15) is 14.7 Å². The van der Waals surface area contributed by atoms with Gasteiger partial charge in [-0.2, -0.15) is 5.10 Å². The average Bonchev–Trinajstić information content (AvgIpc) is 3.19. The van der Waals surface area contributed by atoms with Crippen LogP contribution in [0.2, 0.25) is 0 Å². The molecule has 1 aliphatic carbocycles. The molecule has 1 aromatic heterocycles. The smallest absolute Gasteiger partial charge is 0.329 e. The highest BCUT2D eigenvalue weighted by Crippen LogP contribution is 2.39. The monoisotopic (exact) mass is 294 g/mol. The van der Waals surface area contributed by atoms with Crippen LogP contribution < -0.4 is 10.6 Å². The van der Waals surface area contributed by atoms with E-state index in [1.807, 2.05) is 20.9 Å². The fraction of sp³-hybridized carbons (Fsp3) is 0.643. The Morgan fingerprint density at radius 1 is 1.43 bits per heavy atom. The maximum atomic E-state index is 12.0. The molecule has 1 aliphatic rings. The molecule has 2 rings (SSSR count). The first kappa shape index (κ1) is 15.3. The quantitative estimate of drug-likeness (QED) is 0.757. The Morgan fingerprint density at radius 3 is 2.48 bits per heavy atom. The van der Waals surface area contributed by atoms with Crippen LogP contribution in [0.25, 0.3) is 0 Å². The summed E-state index contributed by atoms with van der Waals surface area (Å²) in [5.41, 5.74) is 1.61. The van der Waals surface area contributed by atoms with Crippen LogP contribution >= 0.6 is 0 Å². The molecule has 7 nitrogen and oxygen atoms in total. The molecule has 1 fully saturated rings. The Morgan fingerprint density at radius 2 is 2.05 bits per heavy atom. The second-order valence-electron chi connectivity index (χ2n) is 5.86. The van der Waals surface area contributed by atoms with Crippen molar-refractivity contribution in [2.24, 2.45) is 13.0 Å². The summed E-state index contributed by atoms with van der Waals surface area (Å²) in [4.78, 5) is 23.4. The molecular weight excluding hydrogens is 272 g/mol. The minimum Gasteiger partial charge on any atom is -0.480 e. The van der Waals surface area contributed by atoms with E-state index in [1.54, 1.807) is 11.6 Å². The van der Waals surface area contributed by atoms with Gasteiger partial charge < -0.3 is 15.7 Å². The van der Waals surface area contributed by atoms with E-state index in [0.29, 0.717) is 6.54 Å². The number of carboxylic acid groups (broad SMARTS) is 1. The fourth-order valence-electron chi connectivity index (χ4n) is 2.51. The number of nitrogens with one attached hydrogen (secondary N) is 2. The van der Waals surface area contributed by atoms with Gasteiger partial charge in [-0.25, -0.2) is 9.59 Å². The maximum absolute atomic E-state index is 12.0. The zero-order valence-electron chi connectivity index (χ0n) is 12.9. The molecule has 0 bridgehead atoms. The minimum atomic E-state index is -1.19. The highest BCUT2D eigenvalue weighted by molar-refractivity contribution is 5.86. The van der Waals surface area contributed by atoms with E-state index in [1.165, 1.54) is 0 Å². The van der Waals surface area contributed by atoms with Gasteiger partial charge in [-0.1, -0.05) is 0 Å². The van der Waals surface area contributed by atoms with E-state index in [2.05, 4.69) is 15.7 Å². The van der Waals surface area contributed by atoms with Gasteiger partial charge in [0.05, 0.1) is 5.69 Å². The zero-order chi connectivity index (χ0) is 15.8. The van der Waals surface area contributed by atoms with Crippen LogP contribution in [0.15, 0.2) is 0 Å². The number of urea groups is 1. The van der Waals surface area contributed by atoms with Crippen molar-refractivity contribution in [3.05, 3.63) is 17.0 Å². The van der Waals surface area contributed by atoms with E-state index in [-0.39, 0.29) is 5.92 Å². The van der Waals surface area contributed by atoms with Gasteiger partial charge in [0.2, 0.25) is 0 Å². The first-order valence-electron chi connectivity index (χ1n) is 7.04. The van der Waals surface area contributed by atoms with Crippen molar-refractivity contribution in [3.63, 3.8) is 0 Å².